The molecule has 0 radical (unpaired) electrons. The molecule has 0 atom stereocenters. The normalized spacial score (nSPS) is 21.0. The van der Waals surface area contributed by atoms with Gasteiger partial charge in [-0.1, -0.05) is 67.1 Å². The van der Waals surface area contributed by atoms with Crippen molar-refractivity contribution in [3.8, 4) is 0 Å². The number of benzene rings is 2. The monoisotopic (exact) mass is 334 g/mol. The molecule has 1 aliphatic carbocycles. The molecular weight excluding hydrogens is 310 g/mol. The van der Waals surface area contributed by atoms with E-state index in [1.54, 1.807) is 0 Å². The van der Waals surface area contributed by atoms with Gasteiger partial charge in [-0.15, -0.1) is 0 Å². The highest BCUT2D eigenvalue weighted by Crippen LogP contribution is 2.37. The fourth-order valence-corrected chi connectivity index (χ4v) is 4.15. The van der Waals surface area contributed by atoms with E-state index in [0.717, 1.165) is 31.4 Å². The lowest BCUT2D eigenvalue weighted by molar-refractivity contribution is -0.502. The Morgan fingerprint density at radius 1 is 0.840 bits per heavy atom. The van der Waals surface area contributed by atoms with Crippen LogP contribution in [-0.2, 0) is 9.53 Å². The number of rotatable bonds is 3. The summed E-state index contributed by atoms with van der Waals surface area (Å²) in [5.74, 6) is -0.0933. The van der Waals surface area contributed by atoms with Crippen LogP contribution in [0.25, 0.3) is 0 Å². The lowest BCUT2D eigenvalue weighted by atomic mass is 9.81. The maximum absolute atomic E-state index is 12.1. The van der Waals surface area contributed by atoms with Crippen molar-refractivity contribution in [2.45, 2.75) is 50.2 Å². The van der Waals surface area contributed by atoms with Crippen molar-refractivity contribution in [3.63, 3.8) is 0 Å². The van der Waals surface area contributed by atoms with E-state index in [1.807, 2.05) is 12.1 Å². The predicted octanol–water partition coefficient (Wildman–Crippen LogP) is 2.95. The van der Waals surface area contributed by atoms with Crippen molar-refractivity contribution in [1.29, 1.82) is 0 Å². The van der Waals surface area contributed by atoms with Crippen LogP contribution in [0.1, 0.15) is 55.7 Å². The highest BCUT2D eigenvalue weighted by Gasteiger charge is 2.51. The summed E-state index contributed by atoms with van der Waals surface area (Å²) in [4.78, 5) is 15.8. The molecule has 1 saturated carbocycles. The van der Waals surface area contributed by atoms with E-state index in [0.29, 0.717) is 6.42 Å². The quantitative estimate of drug-likeness (QED) is 0.877. The number of ether oxygens (including phenoxy) is 1. The molecule has 0 amide bonds. The van der Waals surface area contributed by atoms with Gasteiger partial charge in [0.2, 0.25) is 11.8 Å². The molecule has 1 aliphatic heterocycles. The van der Waals surface area contributed by atoms with E-state index < -0.39 is 5.60 Å². The highest BCUT2D eigenvalue weighted by molar-refractivity contribution is 6.06. The Balaban J connectivity index is 1.77. The number of hydrogen-bond acceptors (Lipinski definition) is 2. The number of nitrogens with one attached hydrogen (secondary N) is 1. The summed E-state index contributed by atoms with van der Waals surface area (Å²) >= 11 is 0. The molecule has 2 aromatic carbocycles. The summed E-state index contributed by atoms with van der Waals surface area (Å²) in [5, 5.41) is 0. The average molecular weight is 334 g/mol. The van der Waals surface area contributed by atoms with Crippen LogP contribution in [0.2, 0.25) is 0 Å². The topological polar surface area (TPSA) is 40.3 Å². The van der Waals surface area contributed by atoms with Gasteiger partial charge in [0.1, 0.15) is 6.42 Å². The third kappa shape index (κ3) is 3.23. The van der Waals surface area contributed by atoms with E-state index in [9.17, 15) is 4.79 Å². The van der Waals surface area contributed by atoms with Crippen molar-refractivity contribution in [3.05, 3.63) is 71.8 Å². The summed E-state index contributed by atoms with van der Waals surface area (Å²) in [6.45, 7) is 0. The van der Waals surface area contributed by atoms with E-state index in [4.69, 9.17) is 4.74 Å². The van der Waals surface area contributed by atoms with Crippen LogP contribution < -0.4 is 4.99 Å². The van der Waals surface area contributed by atoms with Crippen LogP contribution in [0.3, 0.4) is 0 Å². The van der Waals surface area contributed by atoms with Crippen LogP contribution >= 0.6 is 0 Å². The second-order valence-electron chi connectivity index (χ2n) is 7.08. The summed E-state index contributed by atoms with van der Waals surface area (Å²) in [6, 6.07) is 20.9. The second-order valence-corrected chi connectivity index (χ2v) is 7.08. The van der Waals surface area contributed by atoms with Crippen molar-refractivity contribution in [2.75, 3.05) is 0 Å². The molecule has 0 unspecified atom stereocenters. The Labute approximate surface area is 148 Å². The summed E-state index contributed by atoms with van der Waals surface area (Å²) < 4.78 is 5.84. The van der Waals surface area contributed by atoms with Gasteiger partial charge in [0.15, 0.2) is 5.60 Å². The van der Waals surface area contributed by atoms with Crippen LogP contribution in [0, 0.1) is 0 Å². The zero-order valence-corrected chi connectivity index (χ0v) is 14.4. The Hall–Kier alpha value is -2.42. The smallest absolute Gasteiger partial charge is 0.317 e. The summed E-state index contributed by atoms with van der Waals surface area (Å²) in [6.07, 6.45) is 5.75. The van der Waals surface area contributed by atoms with E-state index in [-0.39, 0.29) is 12.0 Å². The molecule has 2 aliphatic rings. The first-order valence-corrected chi connectivity index (χ1v) is 9.21. The lowest BCUT2D eigenvalue weighted by Crippen LogP contribution is -2.78. The largest absolute Gasteiger partial charge is 0.448 e. The molecule has 128 valence electrons. The first kappa shape index (κ1) is 16.1. The molecule has 3 nitrogen and oxygen atoms in total. The Bertz CT molecular complexity index is 722. The lowest BCUT2D eigenvalue weighted by Gasteiger charge is -2.29. The molecule has 2 aromatic rings. The first-order valence-electron chi connectivity index (χ1n) is 9.21. The van der Waals surface area contributed by atoms with Crippen LogP contribution in [0.15, 0.2) is 60.7 Å². The Kier molecular flexibility index (Phi) is 4.39. The van der Waals surface area contributed by atoms with Gasteiger partial charge in [0.05, 0.1) is 0 Å². The minimum absolute atomic E-state index is 0.0331. The third-order valence-corrected chi connectivity index (χ3v) is 5.43. The fraction of sp³-hybridized carbons (Fsp3) is 0.364. The van der Waals surface area contributed by atoms with E-state index in [2.05, 4.69) is 53.5 Å². The van der Waals surface area contributed by atoms with Gasteiger partial charge >= 0.3 is 5.97 Å². The zero-order valence-electron chi connectivity index (χ0n) is 14.4. The zero-order chi connectivity index (χ0) is 17.1. The second kappa shape index (κ2) is 6.83. The molecule has 1 saturated heterocycles. The van der Waals surface area contributed by atoms with E-state index >= 15 is 0 Å². The molecule has 4 rings (SSSR count). The molecule has 1 N–H and O–H groups in total. The van der Waals surface area contributed by atoms with Gasteiger partial charge in [-0.05, 0) is 25.7 Å². The van der Waals surface area contributed by atoms with Gasteiger partial charge in [-0.25, -0.2) is 4.99 Å². The van der Waals surface area contributed by atoms with Crippen molar-refractivity contribution in [2.24, 2.45) is 0 Å². The maximum atomic E-state index is 12.1. The van der Waals surface area contributed by atoms with Gasteiger partial charge in [-0.2, -0.15) is 0 Å². The number of carbonyl (C=O) groups excluding carboxylic acids is 1. The maximum Gasteiger partial charge on any atom is 0.317 e. The number of hydrogen-bond donors (Lipinski definition) is 1. The molecule has 1 spiro atoms. The SMILES string of the molecule is O=C1CC(=[NH+]C(c2ccccc2)c2ccccc2)C2(CCCCC2)O1. The first-order chi connectivity index (χ1) is 12.3. The van der Waals surface area contributed by atoms with Crippen LogP contribution in [0.5, 0.6) is 0 Å². The Morgan fingerprint density at radius 3 is 1.96 bits per heavy atom. The van der Waals surface area contributed by atoms with Gasteiger partial charge < -0.3 is 4.74 Å². The van der Waals surface area contributed by atoms with Gasteiger partial charge in [-0.3, -0.25) is 4.79 Å². The summed E-state index contributed by atoms with van der Waals surface area (Å²) in [5.41, 5.74) is 3.07. The molecule has 0 bridgehead atoms. The third-order valence-electron chi connectivity index (χ3n) is 5.43. The van der Waals surface area contributed by atoms with Crippen molar-refractivity contribution < 1.29 is 14.5 Å². The summed E-state index contributed by atoms with van der Waals surface area (Å²) in [7, 11) is 0. The minimum atomic E-state index is -0.392. The molecule has 0 aromatic heterocycles. The average Bonchev–Trinajstić information content (AvgIpc) is 2.96. The van der Waals surface area contributed by atoms with Crippen LogP contribution in [-0.4, -0.2) is 17.3 Å². The number of carbonyl (C=O) groups is 1. The highest BCUT2D eigenvalue weighted by atomic mass is 16.6. The Morgan fingerprint density at radius 2 is 1.40 bits per heavy atom. The van der Waals surface area contributed by atoms with Gasteiger partial charge in [0.25, 0.3) is 0 Å². The van der Waals surface area contributed by atoms with Crippen molar-refractivity contribution in [1.82, 2.24) is 0 Å². The predicted molar refractivity (Wildman–Crippen MR) is 97.2 cm³/mol. The van der Waals surface area contributed by atoms with Crippen molar-refractivity contribution >= 4 is 11.7 Å². The van der Waals surface area contributed by atoms with Crippen LogP contribution in [0.4, 0.5) is 0 Å². The molecule has 3 heteroatoms. The molecule has 25 heavy (non-hydrogen) atoms. The standard InChI is InChI=1S/C22H23NO2/c24-20-16-19(22(25-20)14-8-3-9-15-22)23-21(17-10-4-1-5-11-17)18-12-6-2-7-13-18/h1-2,4-7,10-13,21H,3,8-9,14-16H2/p+1. The fourth-order valence-electron chi connectivity index (χ4n) is 4.15. The molecule has 1 heterocycles. The number of esters is 1. The van der Waals surface area contributed by atoms with E-state index in [1.165, 1.54) is 17.5 Å². The molecular formula is C22H24NO2+. The molecule has 2 fully saturated rings. The minimum Gasteiger partial charge on any atom is -0.448 e. The van der Waals surface area contributed by atoms with Gasteiger partial charge in [0, 0.05) is 11.1 Å².